The molecule has 2 N–H and O–H groups in total. The standard InChI is InChI=1S/C15H16ClN3O2/c1-21-12-6-9(2-5-11(12)20)8-17-14-7-13(16)18-15(19-14)10-3-4-10/h2,5-7,10,20H,3-4,8H2,1H3,(H,17,18,19). The molecular formula is C15H16ClN3O2. The Balaban J connectivity index is 1.72. The van der Waals surface area contributed by atoms with Crippen LogP contribution in [-0.2, 0) is 6.54 Å². The van der Waals surface area contributed by atoms with Crippen LogP contribution in [0.25, 0.3) is 0 Å². The van der Waals surface area contributed by atoms with E-state index in [4.69, 9.17) is 16.3 Å². The van der Waals surface area contributed by atoms with Gasteiger partial charge < -0.3 is 15.2 Å². The maximum atomic E-state index is 9.58. The lowest BCUT2D eigenvalue weighted by molar-refractivity contribution is 0.373. The second kappa shape index (κ2) is 5.77. The highest BCUT2D eigenvalue weighted by Gasteiger charge is 2.27. The number of methoxy groups -OCH3 is 1. The number of aromatic hydroxyl groups is 1. The SMILES string of the molecule is COc1cc(CNc2cc(Cl)nc(C3CC3)n2)ccc1O. The molecule has 0 atom stereocenters. The van der Waals surface area contributed by atoms with E-state index in [1.165, 1.54) is 7.11 Å². The fourth-order valence-electron chi connectivity index (χ4n) is 2.07. The molecule has 0 aliphatic heterocycles. The molecule has 0 saturated heterocycles. The minimum Gasteiger partial charge on any atom is -0.504 e. The van der Waals surface area contributed by atoms with Crippen LogP contribution in [0.4, 0.5) is 5.82 Å². The van der Waals surface area contributed by atoms with Gasteiger partial charge in [0.05, 0.1) is 7.11 Å². The van der Waals surface area contributed by atoms with E-state index in [9.17, 15) is 5.11 Å². The van der Waals surface area contributed by atoms with Crippen LogP contribution >= 0.6 is 11.6 Å². The van der Waals surface area contributed by atoms with Gasteiger partial charge in [0.25, 0.3) is 0 Å². The molecule has 0 unspecified atom stereocenters. The molecule has 0 spiro atoms. The molecule has 0 amide bonds. The van der Waals surface area contributed by atoms with E-state index in [1.807, 2.05) is 6.07 Å². The third-order valence-electron chi connectivity index (χ3n) is 3.37. The second-order valence-corrected chi connectivity index (χ2v) is 5.46. The van der Waals surface area contributed by atoms with Crippen LogP contribution in [-0.4, -0.2) is 22.2 Å². The van der Waals surface area contributed by atoms with Crippen molar-refractivity contribution in [3.63, 3.8) is 0 Å². The molecule has 1 aromatic heterocycles. The molecule has 1 aromatic carbocycles. The molecule has 1 saturated carbocycles. The molecule has 5 nitrogen and oxygen atoms in total. The molecule has 2 aromatic rings. The maximum Gasteiger partial charge on any atom is 0.160 e. The number of hydrogen-bond donors (Lipinski definition) is 2. The van der Waals surface area contributed by atoms with Gasteiger partial charge in [-0.15, -0.1) is 0 Å². The van der Waals surface area contributed by atoms with E-state index in [0.29, 0.717) is 29.2 Å². The van der Waals surface area contributed by atoms with E-state index in [1.54, 1.807) is 18.2 Å². The summed E-state index contributed by atoms with van der Waals surface area (Å²) in [6, 6.07) is 6.94. The number of hydrogen-bond acceptors (Lipinski definition) is 5. The zero-order valence-corrected chi connectivity index (χ0v) is 12.4. The van der Waals surface area contributed by atoms with Crippen molar-refractivity contribution in [1.82, 2.24) is 9.97 Å². The molecule has 110 valence electrons. The zero-order chi connectivity index (χ0) is 14.8. The lowest BCUT2D eigenvalue weighted by atomic mass is 10.2. The van der Waals surface area contributed by atoms with Crippen molar-refractivity contribution in [2.45, 2.75) is 25.3 Å². The Hall–Kier alpha value is -2.01. The van der Waals surface area contributed by atoms with E-state index in [-0.39, 0.29) is 5.75 Å². The predicted molar refractivity (Wildman–Crippen MR) is 81.0 cm³/mol. The van der Waals surface area contributed by atoms with E-state index >= 15 is 0 Å². The molecular weight excluding hydrogens is 290 g/mol. The number of nitrogens with one attached hydrogen (secondary N) is 1. The van der Waals surface area contributed by atoms with Crippen LogP contribution in [0.3, 0.4) is 0 Å². The molecule has 1 aliphatic carbocycles. The Morgan fingerprint density at radius 1 is 1.33 bits per heavy atom. The van der Waals surface area contributed by atoms with Gasteiger partial charge in [-0.1, -0.05) is 17.7 Å². The summed E-state index contributed by atoms with van der Waals surface area (Å²) in [6.07, 6.45) is 2.27. The quantitative estimate of drug-likeness (QED) is 0.829. The summed E-state index contributed by atoms with van der Waals surface area (Å²) in [5, 5.41) is 13.3. The molecule has 1 aliphatic rings. The number of aromatic nitrogens is 2. The monoisotopic (exact) mass is 305 g/mol. The average Bonchev–Trinajstić information content (AvgIpc) is 3.30. The van der Waals surface area contributed by atoms with Crippen molar-refractivity contribution in [3.8, 4) is 11.5 Å². The fraction of sp³-hybridized carbons (Fsp3) is 0.333. The molecule has 1 heterocycles. The third-order valence-corrected chi connectivity index (χ3v) is 3.57. The normalized spacial score (nSPS) is 14.0. The summed E-state index contributed by atoms with van der Waals surface area (Å²) >= 11 is 6.03. The smallest absolute Gasteiger partial charge is 0.160 e. The van der Waals surface area contributed by atoms with Gasteiger partial charge in [0.1, 0.15) is 16.8 Å². The number of rotatable bonds is 5. The topological polar surface area (TPSA) is 67.3 Å². The summed E-state index contributed by atoms with van der Waals surface area (Å²) in [6.45, 7) is 0.564. The van der Waals surface area contributed by atoms with Gasteiger partial charge in [-0.2, -0.15) is 0 Å². The Kier molecular flexibility index (Phi) is 3.84. The molecule has 3 rings (SSSR count). The van der Waals surface area contributed by atoms with Crippen molar-refractivity contribution in [3.05, 3.63) is 40.8 Å². The number of ether oxygens (including phenoxy) is 1. The molecule has 0 radical (unpaired) electrons. The lowest BCUT2D eigenvalue weighted by Crippen LogP contribution is -2.04. The van der Waals surface area contributed by atoms with Crippen LogP contribution in [0.2, 0.25) is 5.15 Å². The first-order chi connectivity index (χ1) is 10.2. The number of anilines is 1. The van der Waals surface area contributed by atoms with Gasteiger partial charge in [-0.05, 0) is 30.5 Å². The van der Waals surface area contributed by atoms with Gasteiger partial charge in [0.15, 0.2) is 11.5 Å². The first-order valence-corrected chi connectivity index (χ1v) is 7.18. The number of halogens is 1. The summed E-state index contributed by atoms with van der Waals surface area (Å²) in [5.74, 6) is 2.56. The number of phenols is 1. The van der Waals surface area contributed by atoms with Crippen LogP contribution in [0.5, 0.6) is 11.5 Å². The van der Waals surface area contributed by atoms with Crippen molar-refractivity contribution in [2.24, 2.45) is 0 Å². The third kappa shape index (κ3) is 3.36. The summed E-state index contributed by atoms with van der Waals surface area (Å²) in [5.41, 5.74) is 0.979. The van der Waals surface area contributed by atoms with Crippen molar-refractivity contribution < 1.29 is 9.84 Å². The molecule has 21 heavy (non-hydrogen) atoms. The van der Waals surface area contributed by atoms with E-state index in [0.717, 1.165) is 24.2 Å². The van der Waals surface area contributed by atoms with E-state index < -0.39 is 0 Å². The highest BCUT2D eigenvalue weighted by molar-refractivity contribution is 6.29. The van der Waals surface area contributed by atoms with Crippen LogP contribution in [0, 0.1) is 0 Å². The van der Waals surface area contributed by atoms with Gasteiger partial charge in [0, 0.05) is 18.5 Å². The first-order valence-electron chi connectivity index (χ1n) is 6.80. The van der Waals surface area contributed by atoms with Gasteiger partial charge >= 0.3 is 0 Å². The summed E-state index contributed by atoms with van der Waals surface area (Å²) in [7, 11) is 1.53. The Morgan fingerprint density at radius 2 is 2.14 bits per heavy atom. The summed E-state index contributed by atoms with van der Waals surface area (Å²) < 4.78 is 5.09. The highest BCUT2D eigenvalue weighted by Crippen LogP contribution is 2.38. The van der Waals surface area contributed by atoms with Crippen LogP contribution in [0.1, 0.15) is 30.1 Å². The number of nitrogens with zero attached hydrogens (tertiary/aromatic N) is 2. The largest absolute Gasteiger partial charge is 0.504 e. The Bertz CT molecular complexity index is 659. The van der Waals surface area contributed by atoms with Crippen molar-refractivity contribution in [1.29, 1.82) is 0 Å². The Labute approximate surface area is 128 Å². The van der Waals surface area contributed by atoms with Gasteiger partial charge in [-0.3, -0.25) is 0 Å². The van der Waals surface area contributed by atoms with Crippen LogP contribution < -0.4 is 10.1 Å². The number of benzene rings is 1. The van der Waals surface area contributed by atoms with Crippen LogP contribution in [0.15, 0.2) is 24.3 Å². The Morgan fingerprint density at radius 3 is 2.86 bits per heavy atom. The highest BCUT2D eigenvalue weighted by atomic mass is 35.5. The average molecular weight is 306 g/mol. The fourth-order valence-corrected chi connectivity index (χ4v) is 2.26. The van der Waals surface area contributed by atoms with Gasteiger partial charge in [-0.25, -0.2) is 9.97 Å². The van der Waals surface area contributed by atoms with Crippen molar-refractivity contribution in [2.75, 3.05) is 12.4 Å². The number of phenolic OH excluding ortho intramolecular Hbond substituents is 1. The minimum absolute atomic E-state index is 0.127. The molecule has 1 fully saturated rings. The summed E-state index contributed by atoms with van der Waals surface area (Å²) in [4.78, 5) is 8.73. The van der Waals surface area contributed by atoms with Gasteiger partial charge in [0.2, 0.25) is 0 Å². The first kappa shape index (κ1) is 13.9. The lowest BCUT2D eigenvalue weighted by Gasteiger charge is -2.09. The van der Waals surface area contributed by atoms with E-state index in [2.05, 4.69) is 15.3 Å². The second-order valence-electron chi connectivity index (χ2n) is 5.07. The zero-order valence-electron chi connectivity index (χ0n) is 11.6. The minimum atomic E-state index is 0.127. The molecule has 0 bridgehead atoms. The van der Waals surface area contributed by atoms with Crippen molar-refractivity contribution >= 4 is 17.4 Å². The predicted octanol–water partition coefficient (Wildman–Crippen LogP) is 3.33. The maximum absolute atomic E-state index is 9.58. The molecule has 6 heteroatoms.